The van der Waals surface area contributed by atoms with Crippen molar-refractivity contribution in [1.29, 1.82) is 0 Å². The van der Waals surface area contributed by atoms with Gasteiger partial charge in [-0.15, -0.1) is 0 Å². The van der Waals surface area contributed by atoms with Crippen molar-refractivity contribution in [1.82, 2.24) is 9.29 Å². The molecule has 1 aliphatic heterocycles. The molecule has 37 heavy (non-hydrogen) atoms. The molecule has 8 nitrogen and oxygen atoms in total. The molecule has 0 N–H and O–H groups in total. The average Bonchev–Trinajstić information content (AvgIpc) is 3.58. The van der Waals surface area contributed by atoms with Crippen LogP contribution in [-0.2, 0) is 16.6 Å². The third kappa shape index (κ3) is 5.11. The number of sulfonamides is 1. The number of benzene rings is 2. The van der Waals surface area contributed by atoms with Crippen LogP contribution in [0.1, 0.15) is 35.9 Å². The minimum absolute atomic E-state index is 0.137. The highest BCUT2D eigenvalue weighted by Crippen LogP contribution is 2.39. The number of nitrogens with zero attached hydrogens (tertiary/aromatic N) is 3. The highest BCUT2D eigenvalue weighted by atomic mass is 35.5. The molecular weight excluding hydrogens is 534 g/mol. The zero-order valence-corrected chi connectivity index (χ0v) is 22.8. The number of halogens is 1. The molecule has 1 aliphatic rings. The largest absolute Gasteiger partial charge is 0.494 e. The van der Waals surface area contributed by atoms with Gasteiger partial charge in [0.05, 0.1) is 34.5 Å². The summed E-state index contributed by atoms with van der Waals surface area (Å²) >= 11 is 7.68. The zero-order chi connectivity index (χ0) is 26.2. The summed E-state index contributed by atoms with van der Waals surface area (Å²) in [6.07, 6.45) is 3.22. The fraction of sp³-hybridized carbons (Fsp3) is 0.308. The number of fused-ring (bicyclic) bond motifs is 1. The van der Waals surface area contributed by atoms with Crippen LogP contribution in [0.25, 0.3) is 10.2 Å². The summed E-state index contributed by atoms with van der Waals surface area (Å²) in [7, 11) is -2.07. The van der Waals surface area contributed by atoms with E-state index in [9.17, 15) is 13.2 Å². The number of rotatable bonds is 7. The van der Waals surface area contributed by atoms with Gasteiger partial charge >= 0.3 is 0 Å². The molecule has 194 valence electrons. The highest BCUT2D eigenvalue weighted by molar-refractivity contribution is 7.89. The summed E-state index contributed by atoms with van der Waals surface area (Å²) in [4.78, 5) is 20.0. The molecule has 0 aliphatic carbocycles. The van der Waals surface area contributed by atoms with Crippen molar-refractivity contribution in [3.05, 3.63) is 71.1 Å². The highest BCUT2D eigenvalue weighted by Gasteiger charge is 2.29. The monoisotopic (exact) mass is 559 g/mol. The Morgan fingerprint density at radius 2 is 1.92 bits per heavy atom. The van der Waals surface area contributed by atoms with Gasteiger partial charge in [-0.2, -0.15) is 4.31 Å². The van der Waals surface area contributed by atoms with Crippen molar-refractivity contribution in [2.24, 2.45) is 5.92 Å². The van der Waals surface area contributed by atoms with Crippen molar-refractivity contribution in [3.8, 4) is 5.75 Å². The van der Waals surface area contributed by atoms with Gasteiger partial charge in [-0.25, -0.2) is 13.4 Å². The molecule has 5 rings (SSSR count). The molecule has 0 radical (unpaired) electrons. The minimum Gasteiger partial charge on any atom is -0.494 e. The molecule has 11 heteroatoms. The van der Waals surface area contributed by atoms with E-state index >= 15 is 0 Å². The summed E-state index contributed by atoms with van der Waals surface area (Å²) in [6, 6.07) is 13.0. The standard InChI is InChI=1S/C26H26ClN3O5S2/c1-17-11-13-29(14-12-17)37(32,33)20-7-5-18(6-8-20)25(31)30(16-19-4-3-15-35-19)26-28-23-22(34-2)10-9-21(27)24(23)36-26/h3-10,15,17H,11-14,16H2,1-2H3. The van der Waals surface area contributed by atoms with Crippen molar-refractivity contribution in [3.63, 3.8) is 0 Å². The van der Waals surface area contributed by atoms with Gasteiger partial charge in [0.2, 0.25) is 10.0 Å². The van der Waals surface area contributed by atoms with Crippen LogP contribution in [0.15, 0.2) is 64.1 Å². The van der Waals surface area contributed by atoms with E-state index in [-0.39, 0.29) is 17.3 Å². The van der Waals surface area contributed by atoms with Crippen LogP contribution < -0.4 is 9.64 Å². The molecule has 1 fully saturated rings. The number of hydrogen-bond donors (Lipinski definition) is 0. The Morgan fingerprint density at radius 3 is 2.57 bits per heavy atom. The average molecular weight is 560 g/mol. The van der Waals surface area contributed by atoms with E-state index in [1.807, 2.05) is 0 Å². The first kappa shape index (κ1) is 25.7. The smallest absolute Gasteiger partial charge is 0.260 e. The van der Waals surface area contributed by atoms with Gasteiger partial charge in [0.25, 0.3) is 5.91 Å². The third-order valence-corrected chi connectivity index (χ3v) is 9.97. The molecule has 0 spiro atoms. The van der Waals surface area contributed by atoms with Crippen LogP contribution in [0.4, 0.5) is 5.13 Å². The minimum atomic E-state index is -3.62. The lowest BCUT2D eigenvalue weighted by Gasteiger charge is -2.29. The van der Waals surface area contributed by atoms with E-state index in [1.165, 1.54) is 51.1 Å². The van der Waals surface area contributed by atoms with Gasteiger partial charge in [-0.3, -0.25) is 9.69 Å². The van der Waals surface area contributed by atoms with Crippen LogP contribution in [-0.4, -0.2) is 43.8 Å². The van der Waals surface area contributed by atoms with Gasteiger partial charge in [-0.1, -0.05) is 29.9 Å². The maximum absolute atomic E-state index is 13.7. The number of anilines is 1. The fourth-order valence-electron chi connectivity index (χ4n) is 4.31. The molecule has 3 heterocycles. The molecule has 2 aromatic carbocycles. The van der Waals surface area contributed by atoms with Gasteiger partial charge < -0.3 is 9.15 Å². The molecule has 1 saturated heterocycles. The number of hydrogen-bond acceptors (Lipinski definition) is 7. The van der Waals surface area contributed by atoms with Crippen molar-refractivity contribution >= 4 is 54.2 Å². The maximum Gasteiger partial charge on any atom is 0.260 e. The lowest BCUT2D eigenvalue weighted by atomic mass is 10.0. The van der Waals surface area contributed by atoms with Gasteiger partial charge in [-0.05, 0) is 67.3 Å². The van der Waals surface area contributed by atoms with Crippen LogP contribution in [0, 0.1) is 5.92 Å². The van der Waals surface area contributed by atoms with Crippen LogP contribution in [0.5, 0.6) is 5.75 Å². The van der Waals surface area contributed by atoms with E-state index in [0.29, 0.717) is 56.5 Å². The summed E-state index contributed by atoms with van der Waals surface area (Å²) < 4.78 is 39.4. The lowest BCUT2D eigenvalue weighted by Crippen LogP contribution is -2.37. The number of amides is 1. The molecule has 0 saturated carbocycles. The topological polar surface area (TPSA) is 92.9 Å². The molecule has 2 aromatic heterocycles. The first-order chi connectivity index (χ1) is 17.8. The number of carbonyl (C=O) groups is 1. The van der Waals surface area contributed by atoms with Crippen molar-refractivity contribution in [2.75, 3.05) is 25.1 Å². The molecular formula is C26H26ClN3O5S2. The summed E-state index contributed by atoms with van der Waals surface area (Å²) in [5.41, 5.74) is 0.889. The Kier molecular flexibility index (Phi) is 7.26. The predicted molar refractivity (Wildman–Crippen MR) is 144 cm³/mol. The van der Waals surface area contributed by atoms with Crippen LogP contribution in [0.3, 0.4) is 0 Å². The van der Waals surface area contributed by atoms with Crippen molar-refractivity contribution < 1.29 is 22.4 Å². The van der Waals surface area contributed by atoms with Gasteiger partial charge in [0.1, 0.15) is 17.0 Å². The number of thiazole rings is 1. The van der Waals surface area contributed by atoms with Crippen LogP contribution >= 0.6 is 22.9 Å². The fourth-order valence-corrected chi connectivity index (χ4v) is 7.03. The second-order valence-electron chi connectivity index (χ2n) is 9.01. The Labute approximate surface area is 224 Å². The summed E-state index contributed by atoms with van der Waals surface area (Å²) in [5.74, 6) is 1.29. The quantitative estimate of drug-likeness (QED) is 0.283. The normalized spacial score (nSPS) is 15.2. The SMILES string of the molecule is COc1ccc(Cl)c2sc(N(Cc3ccco3)C(=O)c3ccc(S(=O)(=O)N4CCC(C)CC4)cc3)nc12. The summed E-state index contributed by atoms with van der Waals surface area (Å²) in [6.45, 7) is 3.28. The Morgan fingerprint density at radius 1 is 1.19 bits per heavy atom. The zero-order valence-electron chi connectivity index (χ0n) is 20.4. The number of carbonyl (C=O) groups excluding carboxylic acids is 1. The van der Waals surface area contributed by atoms with E-state index < -0.39 is 10.0 Å². The second kappa shape index (κ2) is 10.4. The van der Waals surface area contributed by atoms with Crippen LogP contribution in [0.2, 0.25) is 5.02 Å². The molecule has 0 atom stereocenters. The molecule has 1 amide bonds. The second-order valence-corrected chi connectivity index (χ2v) is 12.3. The Hall–Kier alpha value is -2.92. The Balaban J connectivity index is 1.47. The predicted octanol–water partition coefficient (Wildman–Crippen LogP) is 5.82. The number of piperidine rings is 1. The van der Waals surface area contributed by atoms with Gasteiger partial charge in [0, 0.05) is 18.7 Å². The molecule has 0 unspecified atom stereocenters. The number of ether oxygens (including phenoxy) is 1. The third-order valence-electron chi connectivity index (χ3n) is 6.52. The van der Waals surface area contributed by atoms with Crippen molar-refractivity contribution in [2.45, 2.75) is 31.2 Å². The number of furan rings is 1. The van der Waals surface area contributed by atoms with E-state index in [0.717, 1.165) is 12.8 Å². The first-order valence-corrected chi connectivity index (χ1v) is 14.5. The molecule has 0 bridgehead atoms. The number of aromatic nitrogens is 1. The number of methoxy groups -OCH3 is 1. The van der Waals surface area contributed by atoms with E-state index in [1.54, 1.807) is 31.4 Å². The van der Waals surface area contributed by atoms with Gasteiger partial charge in [0.15, 0.2) is 5.13 Å². The summed E-state index contributed by atoms with van der Waals surface area (Å²) in [5, 5.41) is 0.925. The van der Waals surface area contributed by atoms with E-state index in [2.05, 4.69) is 11.9 Å². The lowest BCUT2D eigenvalue weighted by molar-refractivity contribution is 0.0983. The molecule has 4 aromatic rings. The van der Waals surface area contributed by atoms with E-state index in [4.69, 9.17) is 20.8 Å². The Bertz CT molecular complexity index is 1510. The maximum atomic E-state index is 13.7. The first-order valence-electron chi connectivity index (χ1n) is 11.9.